The third-order valence-electron chi connectivity index (χ3n) is 5.79. The molecule has 1 aliphatic heterocycles. The highest BCUT2D eigenvalue weighted by Crippen LogP contribution is 2.31. The number of rotatable bonds is 12. The zero-order chi connectivity index (χ0) is 25.4. The number of halogens is 2. The van der Waals surface area contributed by atoms with Crippen LogP contribution in [0.3, 0.4) is 0 Å². The summed E-state index contributed by atoms with van der Waals surface area (Å²) in [5, 5.41) is 5.38. The fraction of sp³-hybridized carbons (Fsp3) is 0.522. The number of primary amides is 1. The molecule has 1 aromatic carbocycles. The molecule has 12 heteroatoms. The highest BCUT2D eigenvalue weighted by Gasteiger charge is 2.24. The van der Waals surface area contributed by atoms with Gasteiger partial charge in [-0.1, -0.05) is 0 Å². The number of ether oxygens (including phenoxy) is 2. The molecular formula is C23H31F2N5O4S. The summed E-state index contributed by atoms with van der Waals surface area (Å²) in [6.07, 6.45) is 4.03. The third-order valence-corrected chi connectivity index (χ3v) is 6.53. The summed E-state index contributed by atoms with van der Waals surface area (Å²) in [6, 6.07) is 2.30. The minimum Gasteiger partial charge on any atom is -0.471 e. The second-order valence-corrected chi connectivity index (χ2v) is 9.20. The topological polar surface area (TPSA) is 119 Å². The molecule has 0 radical (unpaired) electrons. The Balaban J connectivity index is 1.48. The number of aromatic nitrogens is 1. The van der Waals surface area contributed by atoms with Gasteiger partial charge in [-0.15, -0.1) is 0 Å². The lowest BCUT2D eigenvalue weighted by Crippen LogP contribution is -2.34. The van der Waals surface area contributed by atoms with Gasteiger partial charge in [0.15, 0.2) is 0 Å². The first-order valence-electron chi connectivity index (χ1n) is 11.4. The average molecular weight is 512 g/mol. The van der Waals surface area contributed by atoms with E-state index in [1.165, 1.54) is 18.6 Å². The number of likely N-dealkylation sites (tertiary alicyclic amines) is 1. The maximum Gasteiger partial charge on any atom is 0.319 e. The molecule has 0 spiro atoms. The first-order valence-corrected chi connectivity index (χ1v) is 12.2. The number of nitrogens with zero attached hydrogens (tertiary/aromatic N) is 2. The maximum absolute atomic E-state index is 14.1. The summed E-state index contributed by atoms with van der Waals surface area (Å²) in [5.41, 5.74) is 5.41. The van der Waals surface area contributed by atoms with E-state index in [4.69, 9.17) is 15.2 Å². The Bertz CT molecular complexity index is 1010. The summed E-state index contributed by atoms with van der Waals surface area (Å²) in [5.74, 6) is -2.62. The summed E-state index contributed by atoms with van der Waals surface area (Å²) in [4.78, 5) is 26.7. The summed E-state index contributed by atoms with van der Waals surface area (Å²) in [7, 11) is 1.71. The highest BCUT2D eigenvalue weighted by atomic mass is 32.1. The largest absolute Gasteiger partial charge is 0.471 e. The number of unbranched alkanes of at least 4 members (excludes halogenated alkanes) is 1. The van der Waals surface area contributed by atoms with E-state index in [0.29, 0.717) is 18.2 Å². The minimum absolute atomic E-state index is 0.0920. The van der Waals surface area contributed by atoms with Crippen molar-refractivity contribution < 1.29 is 27.8 Å². The van der Waals surface area contributed by atoms with Gasteiger partial charge in [-0.05, 0) is 74.9 Å². The van der Waals surface area contributed by atoms with Crippen molar-refractivity contribution in [2.24, 2.45) is 5.73 Å². The van der Waals surface area contributed by atoms with Crippen LogP contribution in [0.5, 0.6) is 5.88 Å². The standard InChI is InChI=1S/C23H31F2N5O4S/c1-14-10-17(24)16(18(25)11-14)13-34-21-19(20(26)31)22(35-29-21)28-23(32)27-7-3-4-8-30-9-5-6-15(30)12-33-2/h10-11,15H,3-9,12-13H2,1-2H3,(H2,26,31)(H2,27,28,32). The summed E-state index contributed by atoms with van der Waals surface area (Å²) < 4.78 is 42.7. The molecule has 35 heavy (non-hydrogen) atoms. The van der Waals surface area contributed by atoms with Crippen LogP contribution in [0.1, 0.15) is 47.2 Å². The lowest BCUT2D eigenvalue weighted by molar-refractivity contribution is 0.0996. The van der Waals surface area contributed by atoms with Gasteiger partial charge in [0.2, 0.25) is 5.88 Å². The normalized spacial score (nSPS) is 15.8. The number of carbonyl (C=O) groups is 2. The van der Waals surface area contributed by atoms with E-state index in [1.54, 1.807) is 14.0 Å². The number of hydrogen-bond donors (Lipinski definition) is 3. The average Bonchev–Trinajstić information content (AvgIpc) is 3.39. The number of nitrogens with two attached hydrogens (primary N) is 1. The second kappa shape index (κ2) is 12.8. The van der Waals surface area contributed by atoms with Crippen molar-refractivity contribution in [1.29, 1.82) is 0 Å². The number of benzene rings is 1. The Morgan fingerprint density at radius 3 is 2.71 bits per heavy atom. The predicted octanol–water partition coefficient (Wildman–Crippen LogP) is 3.42. The van der Waals surface area contributed by atoms with Crippen LogP contribution in [0.15, 0.2) is 12.1 Å². The fourth-order valence-electron chi connectivity index (χ4n) is 4.04. The quantitative estimate of drug-likeness (QED) is 0.376. The van der Waals surface area contributed by atoms with Gasteiger partial charge in [0.05, 0.1) is 12.2 Å². The van der Waals surface area contributed by atoms with Gasteiger partial charge in [-0.25, -0.2) is 13.6 Å². The monoisotopic (exact) mass is 511 g/mol. The number of urea groups is 1. The molecular weight excluding hydrogens is 480 g/mol. The number of aryl methyl sites for hydroxylation is 1. The Kier molecular flexibility index (Phi) is 9.75. The van der Waals surface area contributed by atoms with E-state index in [2.05, 4.69) is 19.9 Å². The Morgan fingerprint density at radius 2 is 2.03 bits per heavy atom. The van der Waals surface area contributed by atoms with Crippen LogP contribution in [-0.4, -0.2) is 60.6 Å². The van der Waals surface area contributed by atoms with Crippen molar-refractivity contribution in [2.45, 2.75) is 45.3 Å². The van der Waals surface area contributed by atoms with Gasteiger partial charge < -0.3 is 20.5 Å². The first-order chi connectivity index (χ1) is 16.8. The van der Waals surface area contributed by atoms with Crippen LogP contribution >= 0.6 is 11.5 Å². The molecule has 1 aromatic heterocycles. The van der Waals surface area contributed by atoms with Crippen molar-refractivity contribution in [3.63, 3.8) is 0 Å². The van der Waals surface area contributed by atoms with Gasteiger partial charge in [0, 0.05) is 19.7 Å². The molecule has 1 fully saturated rings. The van der Waals surface area contributed by atoms with E-state index in [0.717, 1.165) is 50.5 Å². The van der Waals surface area contributed by atoms with Crippen LogP contribution in [0.2, 0.25) is 0 Å². The van der Waals surface area contributed by atoms with Gasteiger partial charge in [0.25, 0.3) is 5.91 Å². The van der Waals surface area contributed by atoms with Crippen molar-refractivity contribution in [2.75, 3.05) is 38.7 Å². The van der Waals surface area contributed by atoms with Gasteiger partial charge >= 0.3 is 6.03 Å². The van der Waals surface area contributed by atoms with E-state index >= 15 is 0 Å². The number of nitrogens with one attached hydrogen (secondary N) is 2. The number of methoxy groups -OCH3 is 1. The Labute approximate surface area is 207 Å². The molecule has 3 amide bonds. The molecule has 1 atom stereocenters. The zero-order valence-electron chi connectivity index (χ0n) is 19.9. The summed E-state index contributed by atoms with van der Waals surface area (Å²) in [6.45, 7) is 4.28. The van der Waals surface area contributed by atoms with Crippen LogP contribution in [0, 0.1) is 18.6 Å². The Morgan fingerprint density at radius 1 is 1.29 bits per heavy atom. The van der Waals surface area contributed by atoms with Crippen LogP contribution in [0.4, 0.5) is 18.6 Å². The van der Waals surface area contributed by atoms with Crippen molar-refractivity contribution in [3.05, 3.63) is 40.5 Å². The van der Waals surface area contributed by atoms with Crippen LogP contribution < -0.4 is 21.1 Å². The van der Waals surface area contributed by atoms with E-state index in [9.17, 15) is 18.4 Å². The fourth-order valence-corrected chi connectivity index (χ4v) is 4.78. The summed E-state index contributed by atoms with van der Waals surface area (Å²) >= 11 is 0.790. The SMILES string of the molecule is COCC1CCCN1CCCCNC(=O)Nc1snc(OCc2c(F)cc(C)cc2F)c1C(N)=O. The van der Waals surface area contributed by atoms with Gasteiger partial charge in [-0.2, -0.15) is 4.37 Å². The van der Waals surface area contributed by atoms with Gasteiger partial charge in [-0.3, -0.25) is 15.0 Å². The molecule has 1 unspecified atom stereocenters. The zero-order valence-corrected chi connectivity index (χ0v) is 20.7. The second-order valence-electron chi connectivity index (χ2n) is 8.43. The molecule has 0 aliphatic carbocycles. The molecule has 2 aromatic rings. The minimum atomic E-state index is -0.884. The predicted molar refractivity (Wildman–Crippen MR) is 129 cm³/mol. The lowest BCUT2D eigenvalue weighted by Gasteiger charge is -2.23. The number of anilines is 1. The van der Waals surface area contributed by atoms with Crippen molar-refractivity contribution in [3.8, 4) is 5.88 Å². The van der Waals surface area contributed by atoms with Crippen LogP contribution in [-0.2, 0) is 11.3 Å². The lowest BCUT2D eigenvalue weighted by atomic mass is 10.1. The third kappa shape index (κ3) is 7.33. The Hall–Kier alpha value is -2.83. The number of carbonyl (C=O) groups excluding carboxylic acids is 2. The number of amides is 3. The molecule has 1 aliphatic rings. The maximum atomic E-state index is 14.1. The molecule has 9 nitrogen and oxygen atoms in total. The van der Waals surface area contributed by atoms with E-state index in [-0.39, 0.29) is 22.0 Å². The highest BCUT2D eigenvalue weighted by molar-refractivity contribution is 7.11. The van der Waals surface area contributed by atoms with E-state index in [1.807, 2.05) is 0 Å². The van der Waals surface area contributed by atoms with Crippen molar-refractivity contribution >= 4 is 28.5 Å². The molecule has 4 N–H and O–H groups in total. The molecule has 1 saturated heterocycles. The van der Waals surface area contributed by atoms with Crippen LogP contribution in [0.25, 0.3) is 0 Å². The molecule has 2 heterocycles. The van der Waals surface area contributed by atoms with E-state index < -0.39 is 30.2 Å². The molecule has 192 valence electrons. The first kappa shape index (κ1) is 26.8. The smallest absolute Gasteiger partial charge is 0.319 e. The molecule has 0 saturated carbocycles. The van der Waals surface area contributed by atoms with Gasteiger partial charge in [0.1, 0.15) is 28.8 Å². The molecule has 3 rings (SSSR count). The van der Waals surface area contributed by atoms with Crippen molar-refractivity contribution in [1.82, 2.24) is 14.6 Å². The molecule has 0 bridgehead atoms. The number of hydrogen-bond acceptors (Lipinski definition) is 7.